The Morgan fingerprint density at radius 2 is 1.75 bits per heavy atom. The van der Waals surface area contributed by atoms with Gasteiger partial charge in [-0.25, -0.2) is 0 Å². The van der Waals surface area contributed by atoms with E-state index >= 15 is 0 Å². The number of benzene rings is 3. The van der Waals surface area contributed by atoms with Crippen LogP contribution in [0.5, 0.6) is 17.2 Å². The number of fused-ring (bicyclic) bond motifs is 1. The third kappa shape index (κ3) is 4.51. The molecule has 1 aromatic heterocycles. The number of nitrogens with zero attached hydrogens (tertiary/aromatic N) is 2. The quantitative estimate of drug-likeness (QED) is 0.456. The molecule has 0 atom stereocenters. The van der Waals surface area contributed by atoms with Crippen molar-refractivity contribution in [1.29, 1.82) is 0 Å². The lowest BCUT2D eigenvalue weighted by Gasteiger charge is -2.12. The molecular formula is C25H25N3O4. The fourth-order valence-electron chi connectivity index (χ4n) is 3.58. The van der Waals surface area contributed by atoms with Crippen molar-refractivity contribution in [3.63, 3.8) is 0 Å². The van der Waals surface area contributed by atoms with Crippen LogP contribution in [0.1, 0.15) is 21.5 Å². The van der Waals surface area contributed by atoms with Gasteiger partial charge in [-0.05, 0) is 48.0 Å². The summed E-state index contributed by atoms with van der Waals surface area (Å²) in [4.78, 5) is 12.9. The van der Waals surface area contributed by atoms with Crippen LogP contribution in [0.4, 0.5) is 0 Å². The van der Waals surface area contributed by atoms with Crippen LogP contribution in [0.2, 0.25) is 0 Å². The second-order valence-electron chi connectivity index (χ2n) is 7.29. The van der Waals surface area contributed by atoms with Crippen molar-refractivity contribution >= 4 is 16.8 Å². The largest absolute Gasteiger partial charge is 0.497 e. The molecule has 0 spiro atoms. The molecule has 0 radical (unpaired) electrons. The van der Waals surface area contributed by atoms with Crippen LogP contribution in [0, 0.1) is 0 Å². The molecule has 0 bridgehead atoms. The van der Waals surface area contributed by atoms with Crippen LogP contribution in [-0.2, 0) is 13.1 Å². The third-order valence-electron chi connectivity index (χ3n) is 5.30. The molecule has 0 saturated carbocycles. The van der Waals surface area contributed by atoms with Gasteiger partial charge in [0.15, 0.2) is 0 Å². The zero-order valence-corrected chi connectivity index (χ0v) is 18.3. The molecule has 0 saturated heterocycles. The highest BCUT2D eigenvalue weighted by molar-refractivity contribution is 5.97. The average Bonchev–Trinajstić information content (AvgIpc) is 3.24. The third-order valence-corrected chi connectivity index (χ3v) is 5.30. The lowest BCUT2D eigenvalue weighted by molar-refractivity contribution is 0.0950. The standard InChI is InChI=1S/C25H25N3O4/c1-30-21-6-4-5-17(11-21)16-28-23-13-18(7-8-19(23)15-27-28)25(29)26-14-20-12-22(31-2)9-10-24(20)32-3/h4-13,15H,14,16H2,1-3H3,(H,26,29). The highest BCUT2D eigenvalue weighted by Gasteiger charge is 2.12. The molecule has 1 heterocycles. The lowest BCUT2D eigenvalue weighted by atomic mass is 10.1. The summed E-state index contributed by atoms with van der Waals surface area (Å²) in [5.41, 5.74) is 3.35. The molecule has 0 aliphatic heterocycles. The van der Waals surface area contributed by atoms with Crippen molar-refractivity contribution in [3.05, 3.63) is 83.6 Å². The van der Waals surface area contributed by atoms with E-state index in [2.05, 4.69) is 10.4 Å². The van der Waals surface area contributed by atoms with Gasteiger partial charge in [0.2, 0.25) is 0 Å². The number of hydrogen-bond acceptors (Lipinski definition) is 5. The molecule has 4 aromatic rings. The number of methoxy groups -OCH3 is 3. The van der Waals surface area contributed by atoms with Crippen LogP contribution in [0.25, 0.3) is 10.9 Å². The number of carbonyl (C=O) groups excluding carboxylic acids is 1. The maximum Gasteiger partial charge on any atom is 0.251 e. The summed E-state index contributed by atoms with van der Waals surface area (Å²) in [6, 6.07) is 18.9. The highest BCUT2D eigenvalue weighted by Crippen LogP contribution is 2.24. The molecule has 7 nitrogen and oxygen atoms in total. The summed E-state index contributed by atoms with van der Waals surface area (Å²) < 4.78 is 17.9. The number of ether oxygens (including phenoxy) is 3. The van der Waals surface area contributed by atoms with Gasteiger partial charge in [0, 0.05) is 23.1 Å². The first-order chi connectivity index (χ1) is 15.6. The number of nitrogens with one attached hydrogen (secondary N) is 1. The predicted molar refractivity (Wildman–Crippen MR) is 123 cm³/mol. The van der Waals surface area contributed by atoms with Gasteiger partial charge < -0.3 is 19.5 Å². The van der Waals surface area contributed by atoms with Crippen LogP contribution < -0.4 is 19.5 Å². The number of rotatable bonds is 8. The Morgan fingerprint density at radius 1 is 0.938 bits per heavy atom. The predicted octanol–water partition coefficient (Wildman–Crippen LogP) is 4.04. The molecule has 0 fully saturated rings. The fourth-order valence-corrected chi connectivity index (χ4v) is 3.58. The minimum absolute atomic E-state index is 0.175. The summed E-state index contributed by atoms with van der Waals surface area (Å²) >= 11 is 0. The maximum absolute atomic E-state index is 12.9. The second kappa shape index (κ2) is 9.43. The van der Waals surface area contributed by atoms with Gasteiger partial charge in [0.25, 0.3) is 5.91 Å². The normalized spacial score (nSPS) is 10.7. The maximum atomic E-state index is 12.9. The first-order valence-corrected chi connectivity index (χ1v) is 10.2. The summed E-state index contributed by atoms with van der Waals surface area (Å²) in [6.45, 7) is 0.896. The van der Waals surface area contributed by atoms with Crippen molar-refractivity contribution in [1.82, 2.24) is 15.1 Å². The van der Waals surface area contributed by atoms with Crippen LogP contribution >= 0.6 is 0 Å². The second-order valence-corrected chi connectivity index (χ2v) is 7.29. The van der Waals surface area contributed by atoms with Crippen molar-refractivity contribution < 1.29 is 19.0 Å². The lowest BCUT2D eigenvalue weighted by Crippen LogP contribution is -2.23. The number of amides is 1. The molecule has 7 heteroatoms. The van der Waals surface area contributed by atoms with Crippen molar-refractivity contribution in [2.24, 2.45) is 0 Å². The molecule has 0 unspecified atom stereocenters. The van der Waals surface area contributed by atoms with Gasteiger partial charge in [-0.3, -0.25) is 9.48 Å². The molecule has 4 rings (SSSR count). The molecule has 1 amide bonds. The molecule has 0 aliphatic rings. The van der Waals surface area contributed by atoms with Gasteiger partial charge in [0.05, 0.1) is 39.6 Å². The van der Waals surface area contributed by atoms with E-state index in [1.165, 1.54) is 0 Å². The van der Waals surface area contributed by atoms with Crippen LogP contribution in [-0.4, -0.2) is 37.0 Å². The van der Waals surface area contributed by atoms with Crippen LogP contribution in [0.3, 0.4) is 0 Å². The van der Waals surface area contributed by atoms with Crippen molar-refractivity contribution in [2.45, 2.75) is 13.1 Å². The van der Waals surface area contributed by atoms with Gasteiger partial charge in [-0.1, -0.05) is 18.2 Å². The number of hydrogen-bond donors (Lipinski definition) is 1. The minimum Gasteiger partial charge on any atom is -0.497 e. The Morgan fingerprint density at radius 3 is 2.53 bits per heavy atom. The van der Waals surface area contributed by atoms with E-state index in [0.29, 0.717) is 30.2 Å². The van der Waals surface area contributed by atoms with Crippen LogP contribution in [0.15, 0.2) is 66.9 Å². The van der Waals surface area contributed by atoms with E-state index in [4.69, 9.17) is 14.2 Å². The van der Waals surface area contributed by atoms with Crippen molar-refractivity contribution in [3.8, 4) is 17.2 Å². The van der Waals surface area contributed by atoms with E-state index in [1.54, 1.807) is 33.6 Å². The Bertz CT molecular complexity index is 1250. The Labute approximate surface area is 186 Å². The molecule has 1 N–H and O–H groups in total. The van der Waals surface area contributed by atoms with E-state index < -0.39 is 0 Å². The van der Waals surface area contributed by atoms with Gasteiger partial charge in [-0.2, -0.15) is 5.10 Å². The monoisotopic (exact) mass is 431 g/mol. The number of carbonyl (C=O) groups is 1. The molecule has 0 aliphatic carbocycles. The molecular weight excluding hydrogens is 406 g/mol. The smallest absolute Gasteiger partial charge is 0.251 e. The summed E-state index contributed by atoms with van der Waals surface area (Å²) in [7, 11) is 4.85. The fraction of sp³-hybridized carbons (Fsp3) is 0.200. The Balaban J connectivity index is 1.53. The minimum atomic E-state index is -0.175. The van der Waals surface area contributed by atoms with Gasteiger partial charge in [0.1, 0.15) is 17.2 Å². The Kier molecular flexibility index (Phi) is 6.26. The Hall–Kier alpha value is -4.00. The molecule has 32 heavy (non-hydrogen) atoms. The van der Waals surface area contributed by atoms with Crippen molar-refractivity contribution in [2.75, 3.05) is 21.3 Å². The SMILES string of the molecule is COc1cccc(Cn2ncc3ccc(C(=O)NCc4cc(OC)ccc4OC)cc32)c1. The average molecular weight is 431 g/mol. The zero-order chi connectivity index (χ0) is 22.5. The van der Waals surface area contributed by atoms with Gasteiger partial charge >= 0.3 is 0 Å². The highest BCUT2D eigenvalue weighted by atomic mass is 16.5. The first-order valence-electron chi connectivity index (χ1n) is 10.2. The number of aromatic nitrogens is 2. The summed E-state index contributed by atoms with van der Waals surface area (Å²) in [5, 5.41) is 8.43. The summed E-state index contributed by atoms with van der Waals surface area (Å²) in [6.07, 6.45) is 1.80. The molecule has 164 valence electrons. The van der Waals surface area contributed by atoms with Gasteiger partial charge in [-0.15, -0.1) is 0 Å². The first kappa shape index (κ1) is 21.2. The van der Waals surface area contributed by atoms with E-state index in [0.717, 1.165) is 27.8 Å². The van der Waals surface area contributed by atoms with E-state index in [-0.39, 0.29) is 5.91 Å². The van der Waals surface area contributed by atoms with E-state index in [9.17, 15) is 4.79 Å². The topological polar surface area (TPSA) is 74.6 Å². The van der Waals surface area contributed by atoms with E-state index in [1.807, 2.05) is 59.3 Å². The zero-order valence-electron chi connectivity index (χ0n) is 18.3. The molecule has 3 aromatic carbocycles. The summed E-state index contributed by atoms with van der Waals surface area (Å²) in [5.74, 6) is 2.02.